The van der Waals surface area contributed by atoms with E-state index in [1.807, 2.05) is 25.1 Å². The van der Waals surface area contributed by atoms with Crippen molar-refractivity contribution in [2.45, 2.75) is 32.2 Å². The monoisotopic (exact) mass is 339 g/mol. The van der Waals surface area contributed by atoms with Crippen molar-refractivity contribution in [1.82, 2.24) is 5.32 Å². The Morgan fingerprint density at radius 2 is 2.20 bits per heavy atom. The molecule has 1 aromatic carbocycles. The number of amides is 1. The van der Waals surface area contributed by atoms with Gasteiger partial charge in [-0.3, -0.25) is 4.79 Å². The van der Waals surface area contributed by atoms with Crippen LogP contribution >= 0.6 is 15.9 Å². The second-order valence-corrected chi connectivity index (χ2v) is 5.49. The number of rotatable bonds is 7. The third kappa shape index (κ3) is 5.17. The molecular formula is C15H18BrNO3. The van der Waals surface area contributed by atoms with Crippen LogP contribution in [0.3, 0.4) is 0 Å². The van der Waals surface area contributed by atoms with Crippen LogP contribution in [0.1, 0.15) is 24.0 Å². The third-order valence-electron chi connectivity index (χ3n) is 2.95. The maximum atomic E-state index is 11.9. The lowest BCUT2D eigenvalue weighted by Gasteiger charge is -2.14. The number of benzene rings is 1. The van der Waals surface area contributed by atoms with Gasteiger partial charge in [-0.15, -0.1) is 6.58 Å². The topological polar surface area (TPSA) is 66.4 Å². The molecule has 0 saturated carbocycles. The Kier molecular flexibility index (Phi) is 6.45. The summed E-state index contributed by atoms with van der Waals surface area (Å²) in [6.07, 6.45) is 2.72. The fraction of sp³-hybridized carbons (Fsp3) is 0.333. The zero-order chi connectivity index (χ0) is 15.1. The van der Waals surface area contributed by atoms with Gasteiger partial charge in [0.15, 0.2) is 0 Å². The summed E-state index contributed by atoms with van der Waals surface area (Å²) in [4.78, 5) is 23.0. The van der Waals surface area contributed by atoms with Gasteiger partial charge in [0.05, 0.1) is 6.42 Å². The zero-order valence-corrected chi connectivity index (χ0v) is 12.9. The van der Waals surface area contributed by atoms with Crippen molar-refractivity contribution < 1.29 is 14.7 Å². The van der Waals surface area contributed by atoms with Crippen LogP contribution in [0.15, 0.2) is 35.3 Å². The van der Waals surface area contributed by atoms with Crippen molar-refractivity contribution in [2.75, 3.05) is 0 Å². The maximum absolute atomic E-state index is 11.9. The number of hydrogen-bond donors (Lipinski definition) is 2. The minimum absolute atomic E-state index is 0.178. The smallest absolute Gasteiger partial charge is 0.326 e. The summed E-state index contributed by atoms with van der Waals surface area (Å²) in [5.41, 5.74) is 1.88. The fourth-order valence-electron chi connectivity index (χ4n) is 1.82. The SMILES string of the molecule is C=CCCC(NC(=O)Cc1ccc(Br)cc1C)C(=O)O. The van der Waals surface area contributed by atoms with Crippen LogP contribution in [-0.4, -0.2) is 23.0 Å². The van der Waals surface area contributed by atoms with E-state index in [0.717, 1.165) is 15.6 Å². The largest absolute Gasteiger partial charge is 0.480 e. The first-order valence-electron chi connectivity index (χ1n) is 6.32. The molecule has 0 aliphatic rings. The number of halogens is 1. The van der Waals surface area contributed by atoms with Gasteiger partial charge in [-0.2, -0.15) is 0 Å². The predicted octanol–water partition coefficient (Wildman–Crippen LogP) is 2.84. The highest BCUT2D eigenvalue weighted by Gasteiger charge is 2.19. The molecule has 1 atom stereocenters. The van der Waals surface area contributed by atoms with Crippen molar-refractivity contribution in [2.24, 2.45) is 0 Å². The first-order valence-corrected chi connectivity index (χ1v) is 7.11. The molecule has 0 spiro atoms. The van der Waals surface area contributed by atoms with Crippen molar-refractivity contribution in [1.29, 1.82) is 0 Å². The summed E-state index contributed by atoms with van der Waals surface area (Å²) < 4.78 is 0.952. The highest BCUT2D eigenvalue weighted by molar-refractivity contribution is 9.10. The summed E-state index contributed by atoms with van der Waals surface area (Å²) in [7, 11) is 0. The average Bonchev–Trinajstić information content (AvgIpc) is 2.37. The van der Waals surface area contributed by atoms with Crippen molar-refractivity contribution in [3.63, 3.8) is 0 Å². The van der Waals surface area contributed by atoms with Gasteiger partial charge in [0, 0.05) is 4.47 Å². The average molecular weight is 340 g/mol. The summed E-state index contributed by atoms with van der Waals surface area (Å²) in [5.74, 6) is -1.31. The second kappa shape index (κ2) is 7.85. The van der Waals surface area contributed by atoms with Gasteiger partial charge in [-0.1, -0.05) is 28.1 Å². The van der Waals surface area contributed by atoms with Crippen molar-refractivity contribution in [3.8, 4) is 0 Å². The molecule has 108 valence electrons. The molecule has 0 aliphatic heterocycles. The first kappa shape index (κ1) is 16.4. The Balaban J connectivity index is 2.65. The van der Waals surface area contributed by atoms with Crippen LogP contribution in [-0.2, 0) is 16.0 Å². The number of carboxylic acid groups (broad SMARTS) is 1. The number of carboxylic acids is 1. The van der Waals surface area contributed by atoms with Gasteiger partial charge >= 0.3 is 5.97 Å². The minimum atomic E-state index is -1.02. The molecule has 0 aromatic heterocycles. The Labute approximate surface area is 127 Å². The van der Waals surface area contributed by atoms with E-state index in [-0.39, 0.29) is 12.3 Å². The molecular weight excluding hydrogens is 322 g/mol. The maximum Gasteiger partial charge on any atom is 0.326 e. The van der Waals surface area contributed by atoms with E-state index in [4.69, 9.17) is 5.11 Å². The van der Waals surface area contributed by atoms with Crippen LogP contribution in [0, 0.1) is 6.92 Å². The molecule has 1 aromatic rings. The van der Waals surface area contributed by atoms with E-state index < -0.39 is 12.0 Å². The molecule has 1 rings (SSSR count). The fourth-order valence-corrected chi connectivity index (χ4v) is 2.29. The highest BCUT2D eigenvalue weighted by Crippen LogP contribution is 2.16. The van der Waals surface area contributed by atoms with E-state index >= 15 is 0 Å². The van der Waals surface area contributed by atoms with Crippen LogP contribution in [0.2, 0.25) is 0 Å². The summed E-state index contributed by atoms with van der Waals surface area (Å²) in [6, 6.07) is 4.78. The van der Waals surface area contributed by atoms with E-state index in [1.54, 1.807) is 6.08 Å². The lowest BCUT2D eigenvalue weighted by molar-refractivity contribution is -0.141. The van der Waals surface area contributed by atoms with Gasteiger partial charge in [0.2, 0.25) is 5.91 Å². The molecule has 0 heterocycles. The van der Waals surface area contributed by atoms with Crippen LogP contribution in [0.4, 0.5) is 0 Å². The van der Waals surface area contributed by atoms with Gasteiger partial charge in [0.1, 0.15) is 6.04 Å². The van der Waals surface area contributed by atoms with E-state index in [2.05, 4.69) is 27.8 Å². The van der Waals surface area contributed by atoms with Gasteiger partial charge in [-0.25, -0.2) is 4.79 Å². The molecule has 2 N–H and O–H groups in total. The highest BCUT2D eigenvalue weighted by atomic mass is 79.9. The van der Waals surface area contributed by atoms with Crippen LogP contribution < -0.4 is 5.32 Å². The van der Waals surface area contributed by atoms with Crippen LogP contribution in [0.5, 0.6) is 0 Å². The molecule has 1 amide bonds. The normalized spacial score (nSPS) is 11.7. The van der Waals surface area contributed by atoms with Gasteiger partial charge < -0.3 is 10.4 Å². The standard InChI is InChI=1S/C15H18BrNO3/c1-3-4-5-13(15(19)20)17-14(18)9-11-6-7-12(16)8-10(11)2/h3,6-8,13H,1,4-5,9H2,2H3,(H,17,18)(H,19,20). The van der Waals surface area contributed by atoms with Crippen molar-refractivity contribution >= 4 is 27.8 Å². The molecule has 0 aliphatic carbocycles. The summed E-state index contributed by atoms with van der Waals surface area (Å²) in [5, 5.41) is 11.6. The number of allylic oxidation sites excluding steroid dienone is 1. The number of carbonyl (C=O) groups excluding carboxylic acids is 1. The lowest BCUT2D eigenvalue weighted by atomic mass is 10.0. The Hall–Kier alpha value is -1.62. The molecule has 0 bridgehead atoms. The van der Waals surface area contributed by atoms with Gasteiger partial charge in [-0.05, 0) is 43.0 Å². The number of aryl methyl sites for hydroxylation is 1. The number of carbonyl (C=O) groups is 2. The molecule has 4 nitrogen and oxygen atoms in total. The number of nitrogens with one attached hydrogen (secondary N) is 1. The van der Waals surface area contributed by atoms with E-state index in [1.165, 1.54) is 0 Å². The Morgan fingerprint density at radius 3 is 2.75 bits per heavy atom. The molecule has 1 unspecified atom stereocenters. The second-order valence-electron chi connectivity index (χ2n) is 4.57. The lowest BCUT2D eigenvalue weighted by Crippen LogP contribution is -2.41. The third-order valence-corrected chi connectivity index (χ3v) is 3.44. The molecule has 0 saturated heterocycles. The molecule has 0 radical (unpaired) electrons. The zero-order valence-electron chi connectivity index (χ0n) is 11.4. The van der Waals surface area contributed by atoms with Crippen LogP contribution in [0.25, 0.3) is 0 Å². The summed E-state index contributed by atoms with van der Waals surface area (Å²) in [6.45, 7) is 5.47. The van der Waals surface area contributed by atoms with Crippen molar-refractivity contribution in [3.05, 3.63) is 46.5 Å². The quantitative estimate of drug-likeness (QED) is 0.750. The Morgan fingerprint density at radius 1 is 1.50 bits per heavy atom. The Bertz CT molecular complexity index is 514. The van der Waals surface area contributed by atoms with E-state index in [0.29, 0.717) is 12.8 Å². The van der Waals surface area contributed by atoms with Gasteiger partial charge in [0.25, 0.3) is 0 Å². The summed E-state index contributed by atoms with van der Waals surface area (Å²) >= 11 is 3.36. The molecule has 20 heavy (non-hydrogen) atoms. The first-order chi connectivity index (χ1) is 9.43. The minimum Gasteiger partial charge on any atom is -0.480 e. The molecule has 5 heteroatoms. The van der Waals surface area contributed by atoms with E-state index in [9.17, 15) is 9.59 Å². The number of hydrogen-bond acceptors (Lipinski definition) is 2. The predicted molar refractivity (Wildman–Crippen MR) is 81.6 cm³/mol. The molecule has 0 fully saturated rings. The number of aliphatic carboxylic acids is 1.